The number of amides is 2. The molecule has 0 saturated carbocycles. The number of carbonyl (C=O) groups excluding carboxylic acids is 2. The summed E-state index contributed by atoms with van der Waals surface area (Å²) in [5, 5.41) is 2.76. The van der Waals surface area contributed by atoms with Gasteiger partial charge in [-0.1, -0.05) is 12.1 Å². The number of rotatable bonds is 5. The monoisotopic (exact) mass is 483 g/mol. The Bertz CT molecular complexity index is 1220. The number of hydrogen-bond donors (Lipinski definition) is 1. The summed E-state index contributed by atoms with van der Waals surface area (Å²) in [6.45, 7) is 4.43. The van der Waals surface area contributed by atoms with Crippen molar-refractivity contribution < 1.29 is 27.2 Å². The maximum atomic E-state index is 12.9. The van der Waals surface area contributed by atoms with Crippen LogP contribution in [0.5, 0.6) is 0 Å². The molecule has 0 bridgehead atoms. The predicted molar refractivity (Wildman–Crippen MR) is 128 cm³/mol. The smallest absolute Gasteiger partial charge is 0.416 e. The number of carbonyl (C=O) groups is 2. The summed E-state index contributed by atoms with van der Waals surface area (Å²) in [6, 6.07) is 15.4. The maximum Gasteiger partial charge on any atom is 0.416 e. The van der Waals surface area contributed by atoms with Crippen molar-refractivity contribution in [2.75, 3.05) is 36.4 Å². The first kappa shape index (κ1) is 24.1. The van der Waals surface area contributed by atoms with Gasteiger partial charge in [-0.15, -0.1) is 0 Å². The highest BCUT2D eigenvalue weighted by Crippen LogP contribution is 2.32. The van der Waals surface area contributed by atoms with Crippen LogP contribution in [0.15, 0.2) is 71.2 Å². The van der Waals surface area contributed by atoms with Gasteiger partial charge < -0.3 is 19.5 Å². The van der Waals surface area contributed by atoms with Crippen LogP contribution in [0, 0.1) is 0 Å². The van der Waals surface area contributed by atoms with Crippen molar-refractivity contribution in [2.24, 2.45) is 0 Å². The van der Waals surface area contributed by atoms with E-state index in [1.54, 1.807) is 31.2 Å². The average Bonchev–Trinajstić information content (AvgIpc) is 3.32. The second-order valence-corrected chi connectivity index (χ2v) is 8.14. The van der Waals surface area contributed by atoms with E-state index in [9.17, 15) is 22.8 Å². The normalized spacial score (nSPS) is 14.4. The van der Waals surface area contributed by atoms with Crippen LogP contribution < -0.4 is 10.2 Å². The van der Waals surface area contributed by atoms with Gasteiger partial charge in [0, 0.05) is 56.1 Å². The fourth-order valence-corrected chi connectivity index (χ4v) is 3.82. The number of furan rings is 1. The second kappa shape index (κ2) is 10.1. The summed E-state index contributed by atoms with van der Waals surface area (Å²) < 4.78 is 44.4. The lowest BCUT2D eigenvalue weighted by molar-refractivity contribution is -0.137. The van der Waals surface area contributed by atoms with E-state index < -0.39 is 11.7 Å². The van der Waals surface area contributed by atoms with Crippen molar-refractivity contribution in [1.29, 1.82) is 0 Å². The van der Waals surface area contributed by atoms with Crippen LogP contribution in [0.4, 0.5) is 24.5 Å². The maximum absolute atomic E-state index is 12.9. The second-order valence-electron chi connectivity index (χ2n) is 8.14. The molecule has 35 heavy (non-hydrogen) atoms. The summed E-state index contributed by atoms with van der Waals surface area (Å²) in [6.07, 6.45) is -1.69. The van der Waals surface area contributed by atoms with E-state index >= 15 is 0 Å². The molecule has 2 heterocycles. The van der Waals surface area contributed by atoms with Gasteiger partial charge in [0.25, 0.3) is 0 Å². The first-order valence-electron chi connectivity index (χ1n) is 11.1. The molecule has 3 aromatic rings. The van der Waals surface area contributed by atoms with Crippen LogP contribution in [0.2, 0.25) is 0 Å². The molecule has 4 rings (SSSR count). The zero-order chi connectivity index (χ0) is 25.0. The molecule has 0 radical (unpaired) electrons. The molecule has 9 heteroatoms. The van der Waals surface area contributed by atoms with Crippen LogP contribution in [0.25, 0.3) is 17.4 Å². The van der Waals surface area contributed by atoms with Crippen LogP contribution in [-0.4, -0.2) is 42.9 Å². The van der Waals surface area contributed by atoms with Gasteiger partial charge in [0.1, 0.15) is 11.5 Å². The van der Waals surface area contributed by atoms with Crippen LogP contribution >= 0.6 is 0 Å². The van der Waals surface area contributed by atoms with Crippen molar-refractivity contribution in [1.82, 2.24) is 4.90 Å². The standard InChI is InChI=1S/C26H24F3N3O3/c1-18(33)31-13-15-32(16-14-31)22-7-5-21(6-8-22)30-25(34)12-10-23-9-11-24(35-23)19-3-2-4-20(17-19)26(27,28)29/h2-12,17H,13-16H2,1H3,(H,30,34)/b12-10+. The first-order valence-corrected chi connectivity index (χ1v) is 11.1. The zero-order valence-corrected chi connectivity index (χ0v) is 19.0. The molecule has 1 aliphatic rings. The summed E-state index contributed by atoms with van der Waals surface area (Å²) in [4.78, 5) is 27.8. The third-order valence-electron chi connectivity index (χ3n) is 5.73. The average molecular weight is 483 g/mol. The topological polar surface area (TPSA) is 65.8 Å². The number of alkyl halides is 3. The van der Waals surface area contributed by atoms with E-state index in [4.69, 9.17) is 4.42 Å². The highest BCUT2D eigenvalue weighted by Gasteiger charge is 2.30. The number of nitrogens with zero attached hydrogens (tertiary/aromatic N) is 2. The third-order valence-corrected chi connectivity index (χ3v) is 5.73. The first-order chi connectivity index (χ1) is 16.7. The van der Waals surface area contributed by atoms with E-state index in [1.165, 1.54) is 24.3 Å². The summed E-state index contributed by atoms with van der Waals surface area (Å²) in [5.41, 5.74) is 1.17. The van der Waals surface area contributed by atoms with Gasteiger partial charge in [0.2, 0.25) is 11.8 Å². The number of hydrogen-bond acceptors (Lipinski definition) is 4. The Labute approximate surface area is 200 Å². The van der Waals surface area contributed by atoms with Gasteiger partial charge in [0.15, 0.2) is 0 Å². The molecule has 1 aliphatic heterocycles. The van der Waals surface area contributed by atoms with E-state index in [1.807, 2.05) is 17.0 Å². The Morgan fingerprint density at radius 1 is 0.971 bits per heavy atom. The molecular weight excluding hydrogens is 459 g/mol. The largest absolute Gasteiger partial charge is 0.457 e. The Hall–Kier alpha value is -4.01. The molecule has 0 aliphatic carbocycles. The van der Waals surface area contributed by atoms with Gasteiger partial charge in [0.05, 0.1) is 5.56 Å². The number of benzene rings is 2. The van der Waals surface area contributed by atoms with Crippen molar-refractivity contribution in [2.45, 2.75) is 13.1 Å². The SMILES string of the molecule is CC(=O)N1CCN(c2ccc(NC(=O)/C=C/c3ccc(-c4cccc(C(F)(F)F)c4)o3)cc2)CC1. The van der Waals surface area contributed by atoms with E-state index in [0.717, 1.165) is 30.9 Å². The Morgan fingerprint density at radius 2 is 1.69 bits per heavy atom. The Morgan fingerprint density at radius 3 is 2.34 bits per heavy atom. The van der Waals surface area contributed by atoms with Crippen molar-refractivity contribution >= 4 is 29.3 Å². The van der Waals surface area contributed by atoms with Crippen molar-refractivity contribution in [3.63, 3.8) is 0 Å². The summed E-state index contributed by atoms with van der Waals surface area (Å²) in [5.74, 6) is 0.325. The van der Waals surface area contributed by atoms with Gasteiger partial charge in [-0.2, -0.15) is 13.2 Å². The summed E-state index contributed by atoms with van der Waals surface area (Å²) in [7, 11) is 0. The molecule has 182 valence electrons. The molecule has 2 aromatic carbocycles. The van der Waals surface area contributed by atoms with Gasteiger partial charge in [-0.3, -0.25) is 9.59 Å². The summed E-state index contributed by atoms with van der Waals surface area (Å²) >= 11 is 0. The molecule has 1 fully saturated rings. The highest BCUT2D eigenvalue weighted by atomic mass is 19.4. The van der Waals surface area contributed by atoms with Crippen LogP contribution in [0.1, 0.15) is 18.2 Å². The number of piperazine rings is 1. The Kier molecular flexibility index (Phi) is 6.95. The molecule has 1 N–H and O–H groups in total. The fourth-order valence-electron chi connectivity index (χ4n) is 3.82. The minimum atomic E-state index is -4.44. The van der Waals surface area contributed by atoms with E-state index in [2.05, 4.69) is 10.2 Å². The molecular formula is C26H24F3N3O3. The number of nitrogens with one attached hydrogen (secondary N) is 1. The highest BCUT2D eigenvalue weighted by molar-refractivity contribution is 6.01. The quantitative estimate of drug-likeness (QED) is 0.501. The van der Waals surface area contributed by atoms with Crippen LogP contribution in [-0.2, 0) is 15.8 Å². The lowest BCUT2D eigenvalue weighted by Crippen LogP contribution is -2.48. The molecule has 2 amide bonds. The van der Waals surface area contributed by atoms with Gasteiger partial charge >= 0.3 is 6.18 Å². The molecule has 1 aromatic heterocycles. The lowest BCUT2D eigenvalue weighted by atomic mass is 10.1. The van der Waals surface area contributed by atoms with Gasteiger partial charge in [-0.05, 0) is 54.6 Å². The van der Waals surface area contributed by atoms with Crippen molar-refractivity contribution in [3.05, 3.63) is 78.1 Å². The molecule has 0 spiro atoms. The predicted octanol–water partition coefficient (Wildman–Crippen LogP) is 5.29. The lowest BCUT2D eigenvalue weighted by Gasteiger charge is -2.35. The molecule has 0 atom stereocenters. The third kappa shape index (κ3) is 6.11. The van der Waals surface area contributed by atoms with Crippen molar-refractivity contribution in [3.8, 4) is 11.3 Å². The molecule has 6 nitrogen and oxygen atoms in total. The van der Waals surface area contributed by atoms with E-state index in [-0.39, 0.29) is 17.6 Å². The van der Waals surface area contributed by atoms with Gasteiger partial charge in [-0.25, -0.2) is 0 Å². The molecule has 1 saturated heterocycles. The van der Waals surface area contributed by atoms with Crippen LogP contribution in [0.3, 0.4) is 0 Å². The van der Waals surface area contributed by atoms with E-state index in [0.29, 0.717) is 30.1 Å². The number of halogens is 3. The number of anilines is 2. The minimum absolute atomic E-state index is 0.0807. The minimum Gasteiger partial charge on any atom is -0.457 e. The Balaban J connectivity index is 1.33. The molecule has 0 unspecified atom stereocenters. The fraction of sp³-hybridized carbons (Fsp3) is 0.231. The zero-order valence-electron chi connectivity index (χ0n) is 19.0.